The molecule has 120 valence electrons. The van der Waals surface area contributed by atoms with Crippen molar-refractivity contribution in [2.75, 3.05) is 13.2 Å². The highest BCUT2D eigenvalue weighted by molar-refractivity contribution is 9.10. The van der Waals surface area contributed by atoms with Crippen LogP contribution in [0, 0.1) is 5.41 Å². The molecule has 2 rings (SSSR count). The van der Waals surface area contributed by atoms with E-state index in [9.17, 15) is 14.7 Å². The quantitative estimate of drug-likeness (QED) is 0.807. The molecule has 6 heteroatoms. The van der Waals surface area contributed by atoms with E-state index in [1.807, 2.05) is 12.1 Å². The summed E-state index contributed by atoms with van der Waals surface area (Å²) in [6.45, 7) is 0.0577. The maximum Gasteiger partial charge on any atom is 0.311 e. The fourth-order valence-corrected chi connectivity index (χ4v) is 2.96. The normalized spacial score (nSPS) is 16.8. The standard InChI is InChI=1S/C16H20BrNO4/c17-12-4-6-13(7-5-12)22-10-14(19)18-11-16(15(20)21)8-2-1-3-9-16/h4-7H,1-3,8-11H2,(H,18,19)(H,20,21). The number of ether oxygens (including phenoxy) is 1. The van der Waals surface area contributed by atoms with Gasteiger partial charge in [0.25, 0.3) is 5.91 Å². The topological polar surface area (TPSA) is 75.6 Å². The van der Waals surface area contributed by atoms with Crippen molar-refractivity contribution >= 4 is 27.8 Å². The number of hydrogen-bond acceptors (Lipinski definition) is 3. The predicted octanol–water partition coefficient (Wildman–Crippen LogP) is 2.98. The lowest BCUT2D eigenvalue weighted by molar-refractivity contribution is -0.151. The molecule has 0 spiro atoms. The monoisotopic (exact) mass is 369 g/mol. The fourth-order valence-electron chi connectivity index (χ4n) is 2.69. The highest BCUT2D eigenvalue weighted by Crippen LogP contribution is 2.35. The van der Waals surface area contributed by atoms with E-state index in [4.69, 9.17) is 4.74 Å². The second-order valence-corrected chi connectivity index (χ2v) is 6.58. The zero-order valence-electron chi connectivity index (χ0n) is 12.3. The van der Waals surface area contributed by atoms with E-state index < -0.39 is 11.4 Å². The van der Waals surface area contributed by atoms with Gasteiger partial charge in [-0.3, -0.25) is 9.59 Å². The SMILES string of the molecule is O=C(COc1ccc(Br)cc1)NCC1(C(=O)O)CCCCC1. The Morgan fingerprint density at radius 1 is 1.18 bits per heavy atom. The number of halogens is 1. The zero-order valence-corrected chi connectivity index (χ0v) is 13.9. The Balaban J connectivity index is 1.81. The number of carbonyl (C=O) groups excluding carboxylic acids is 1. The van der Waals surface area contributed by atoms with Crippen molar-refractivity contribution in [3.63, 3.8) is 0 Å². The molecule has 1 fully saturated rings. The summed E-state index contributed by atoms with van der Waals surface area (Å²) in [6, 6.07) is 7.18. The van der Waals surface area contributed by atoms with Crippen molar-refractivity contribution in [3.05, 3.63) is 28.7 Å². The molecule has 1 aliphatic carbocycles. The number of amides is 1. The number of benzene rings is 1. The largest absolute Gasteiger partial charge is 0.484 e. The van der Waals surface area contributed by atoms with Crippen molar-refractivity contribution in [3.8, 4) is 5.75 Å². The summed E-state index contributed by atoms with van der Waals surface area (Å²) < 4.78 is 6.31. The molecule has 0 radical (unpaired) electrons. The molecule has 1 aliphatic rings. The van der Waals surface area contributed by atoms with Crippen molar-refractivity contribution in [2.45, 2.75) is 32.1 Å². The average molecular weight is 370 g/mol. The van der Waals surface area contributed by atoms with Crippen LogP contribution in [0.4, 0.5) is 0 Å². The van der Waals surface area contributed by atoms with E-state index in [1.54, 1.807) is 12.1 Å². The van der Waals surface area contributed by atoms with Crippen molar-refractivity contribution in [2.24, 2.45) is 5.41 Å². The summed E-state index contributed by atoms with van der Waals surface area (Å²) in [5.74, 6) is -0.514. The third-order valence-corrected chi connectivity index (χ3v) is 4.60. The van der Waals surface area contributed by atoms with E-state index >= 15 is 0 Å². The molecule has 1 saturated carbocycles. The van der Waals surface area contributed by atoms with Gasteiger partial charge in [-0.05, 0) is 37.1 Å². The first-order valence-electron chi connectivity index (χ1n) is 7.40. The van der Waals surface area contributed by atoms with Crippen LogP contribution in [-0.4, -0.2) is 30.1 Å². The molecule has 0 aromatic heterocycles. The molecule has 1 amide bonds. The van der Waals surface area contributed by atoms with Crippen LogP contribution < -0.4 is 10.1 Å². The highest BCUT2D eigenvalue weighted by Gasteiger charge is 2.39. The van der Waals surface area contributed by atoms with Crippen molar-refractivity contribution < 1.29 is 19.4 Å². The first-order chi connectivity index (χ1) is 10.5. The molecular weight excluding hydrogens is 350 g/mol. The van der Waals surface area contributed by atoms with Crippen molar-refractivity contribution in [1.29, 1.82) is 0 Å². The van der Waals surface area contributed by atoms with Gasteiger partial charge in [-0.15, -0.1) is 0 Å². The Hall–Kier alpha value is -1.56. The maximum atomic E-state index is 11.9. The van der Waals surface area contributed by atoms with Gasteiger partial charge < -0.3 is 15.2 Å². The second kappa shape index (κ2) is 7.63. The number of rotatable bonds is 6. The molecule has 1 aromatic carbocycles. The Morgan fingerprint density at radius 3 is 2.41 bits per heavy atom. The van der Waals surface area contributed by atoms with Crippen LogP contribution >= 0.6 is 15.9 Å². The number of carboxylic acids is 1. The number of nitrogens with one attached hydrogen (secondary N) is 1. The van der Waals surface area contributed by atoms with Crippen LogP contribution in [0.25, 0.3) is 0 Å². The minimum Gasteiger partial charge on any atom is -0.484 e. The summed E-state index contributed by atoms with van der Waals surface area (Å²) in [7, 11) is 0. The van der Waals surface area contributed by atoms with Gasteiger partial charge in [0.15, 0.2) is 6.61 Å². The van der Waals surface area contributed by atoms with Crippen LogP contribution in [0.2, 0.25) is 0 Å². The van der Waals surface area contributed by atoms with Gasteiger partial charge in [-0.2, -0.15) is 0 Å². The molecule has 0 aliphatic heterocycles. The minimum atomic E-state index is -0.818. The van der Waals surface area contributed by atoms with E-state index in [0.717, 1.165) is 23.7 Å². The summed E-state index contributed by atoms with van der Waals surface area (Å²) >= 11 is 3.32. The van der Waals surface area contributed by atoms with E-state index in [0.29, 0.717) is 18.6 Å². The first kappa shape index (κ1) is 16.8. The summed E-state index contributed by atoms with van der Waals surface area (Å²) in [5.41, 5.74) is -0.814. The van der Waals surface area contributed by atoms with Gasteiger partial charge in [-0.25, -0.2) is 0 Å². The third kappa shape index (κ3) is 4.47. The number of aliphatic carboxylic acids is 1. The van der Waals surface area contributed by atoms with E-state index in [1.165, 1.54) is 0 Å². The molecule has 2 N–H and O–H groups in total. The Kier molecular flexibility index (Phi) is 5.83. The number of carboxylic acid groups (broad SMARTS) is 1. The molecule has 1 aromatic rings. The molecular formula is C16H20BrNO4. The number of carbonyl (C=O) groups is 2. The molecule has 5 nitrogen and oxygen atoms in total. The lowest BCUT2D eigenvalue weighted by Gasteiger charge is -2.33. The lowest BCUT2D eigenvalue weighted by Crippen LogP contribution is -2.45. The Bertz CT molecular complexity index is 523. The molecule has 22 heavy (non-hydrogen) atoms. The molecule has 0 bridgehead atoms. The van der Waals surface area contributed by atoms with Gasteiger partial charge in [0.05, 0.1) is 5.41 Å². The Labute approximate surface area is 138 Å². The first-order valence-corrected chi connectivity index (χ1v) is 8.20. The fraction of sp³-hybridized carbons (Fsp3) is 0.500. The minimum absolute atomic E-state index is 0.114. The second-order valence-electron chi connectivity index (χ2n) is 5.67. The van der Waals surface area contributed by atoms with Crippen LogP contribution in [0.15, 0.2) is 28.7 Å². The average Bonchev–Trinajstić information content (AvgIpc) is 2.53. The number of hydrogen-bond donors (Lipinski definition) is 2. The lowest BCUT2D eigenvalue weighted by atomic mass is 9.74. The van der Waals surface area contributed by atoms with Crippen molar-refractivity contribution in [1.82, 2.24) is 5.32 Å². The zero-order chi connectivity index (χ0) is 16.0. The summed E-state index contributed by atoms with van der Waals surface area (Å²) in [4.78, 5) is 23.4. The van der Waals surface area contributed by atoms with E-state index in [-0.39, 0.29) is 19.1 Å². The third-order valence-electron chi connectivity index (χ3n) is 4.07. The molecule has 0 atom stereocenters. The van der Waals surface area contributed by atoms with Gasteiger partial charge in [0.2, 0.25) is 0 Å². The maximum absolute atomic E-state index is 11.9. The van der Waals surface area contributed by atoms with Crippen LogP contribution in [0.3, 0.4) is 0 Å². The molecule has 0 unspecified atom stereocenters. The van der Waals surface area contributed by atoms with Gasteiger partial charge in [0, 0.05) is 11.0 Å². The summed E-state index contributed by atoms with van der Waals surface area (Å²) in [6.07, 6.45) is 4.11. The highest BCUT2D eigenvalue weighted by atomic mass is 79.9. The van der Waals surface area contributed by atoms with Gasteiger partial charge in [0.1, 0.15) is 5.75 Å². The van der Waals surface area contributed by atoms with E-state index in [2.05, 4.69) is 21.2 Å². The summed E-state index contributed by atoms with van der Waals surface area (Å²) in [5, 5.41) is 12.2. The van der Waals surface area contributed by atoms with Gasteiger partial charge >= 0.3 is 5.97 Å². The van der Waals surface area contributed by atoms with Crippen LogP contribution in [-0.2, 0) is 9.59 Å². The van der Waals surface area contributed by atoms with Crippen LogP contribution in [0.5, 0.6) is 5.75 Å². The Morgan fingerprint density at radius 2 is 1.82 bits per heavy atom. The molecule has 0 heterocycles. The van der Waals surface area contributed by atoms with Gasteiger partial charge in [-0.1, -0.05) is 35.2 Å². The molecule has 0 saturated heterocycles. The van der Waals surface area contributed by atoms with Crippen LogP contribution in [0.1, 0.15) is 32.1 Å². The predicted molar refractivity (Wildman–Crippen MR) is 85.8 cm³/mol. The smallest absolute Gasteiger partial charge is 0.311 e.